The highest BCUT2D eigenvalue weighted by Gasteiger charge is 2.35. The molecule has 0 bridgehead atoms. The van der Waals surface area contributed by atoms with Gasteiger partial charge in [-0.05, 0) is 81.4 Å². The molecule has 0 spiro atoms. The second-order valence-corrected chi connectivity index (χ2v) is 10.9. The van der Waals surface area contributed by atoms with Gasteiger partial charge in [-0.3, -0.25) is 15.0 Å². The summed E-state index contributed by atoms with van der Waals surface area (Å²) in [4.78, 5) is 24.3. The summed E-state index contributed by atoms with van der Waals surface area (Å²) in [7, 11) is 0. The number of hydrogen-bond donors (Lipinski definition) is 5. The molecular formula is C27H37ClN4O3. The highest BCUT2D eigenvalue weighted by atomic mass is 35.5. The molecule has 0 radical (unpaired) electrons. The van der Waals surface area contributed by atoms with Crippen LogP contribution in [0.3, 0.4) is 0 Å². The van der Waals surface area contributed by atoms with Gasteiger partial charge in [0.15, 0.2) is 0 Å². The van der Waals surface area contributed by atoms with Gasteiger partial charge < -0.3 is 21.1 Å². The molecule has 1 aromatic carbocycles. The van der Waals surface area contributed by atoms with Crippen molar-refractivity contribution >= 4 is 29.1 Å². The maximum Gasteiger partial charge on any atom is 0.269 e. The summed E-state index contributed by atoms with van der Waals surface area (Å²) >= 11 is 5.93. The minimum absolute atomic E-state index is 0.00850. The van der Waals surface area contributed by atoms with Gasteiger partial charge in [0.1, 0.15) is 5.71 Å². The van der Waals surface area contributed by atoms with Crippen LogP contribution in [0.4, 0.5) is 0 Å². The van der Waals surface area contributed by atoms with Crippen LogP contribution in [0.5, 0.6) is 0 Å². The smallest absolute Gasteiger partial charge is 0.269 e. The van der Waals surface area contributed by atoms with Crippen molar-refractivity contribution in [2.24, 2.45) is 5.92 Å². The first-order chi connectivity index (χ1) is 16.8. The van der Waals surface area contributed by atoms with Crippen molar-refractivity contribution in [3.8, 4) is 0 Å². The minimum atomic E-state index is -0.676. The van der Waals surface area contributed by atoms with Crippen LogP contribution in [0.2, 0.25) is 5.02 Å². The molecule has 190 valence electrons. The summed E-state index contributed by atoms with van der Waals surface area (Å²) in [6, 6.07) is 7.60. The number of hydrogen-bond acceptors (Lipinski definition) is 5. The Labute approximate surface area is 212 Å². The quantitative estimate of drug-likeness (QED) is 0.295. The Morgan fingerprint density at radius 2 is 1.94 bits per heavy atom. The van der Waals surface area contributed by atoms with Gasteiger partial charge in [-0.1, -0.05) is 30.2 Å². The van der Waals surface area contributed by atoms with Crippen molar-refractivity contribution in [3.05, 3.63) is 46.1 Å². The molecule has 1 aromatic rings. The van der Waals surface area contributed by atoms with E-state index in [4.69, 9.17) is 17.0 Å². The Kier molecular flexibility index (Phi) is 8.50. The fourth-order valence-corrected chi connectivity index (χ4v) is 5.43. The van der Waals surface area contributed by atoms with Crippen molar-refractivity contribution in [2.45, 2.75) is 88.8 Å². The molecule has 4 rings (SSSR count). The number of halogens is 1. The molecule has 7 nitrogen and oxygen atoms in total. The SMILES string of the molecule is N=C(C(=O)NCc1ccc(Cl)cc1)C1=C(NCC2(O)CCC2)CC(CCC[C@H]2CCC(=O)N2)CC1. The second kappa shape index (κ2) is 11.6. The maximum atomic E-state index is 12.8. The highest BCUT2D eigenvalue weighted by Crippen LogP contribution is 2.35. The topological polar surface area (TPSA) is 114 Å². The average molecular weight is 501 g/mol. The Hall–Kier alpha value is -2.38. The van der Waals surface area contributed by atoms with Gasteiger partial charge in [0.25, 0.3) is 5.91 Å². The summed E-state index contributed by atoms with van der Waals surface area (Å²) in [6.45, 7) is 0.806. The van der Waals surface area contributed by atoms with E-state index < -0.39 is 5.60 Å². The fraction of sp³-hybridized carbons (Fsp3) is 0.593. The molecule has 1 heterocycles. The third kappa shape index (κ3) is 7.07. The van der Waals surface area contributed by atoms with Gasteiger partial charge in [-0.25, -0.2) is 0 Å². The van der Waals surface area contributed by atoms with E-state index >= 15 is 0 Å². The van der Waals surface area contributed by atoms with Crippen LogP contribution in [-0.4, -0.2) is 40.8 Å². The first-order valence-electron chi connectivity index (χ1n) is 12.9. The number of allylic oxidation sites excluding steroid dienone is 1. The predicted molar refractivity (Wildman–Crippen MR) is 137 cm³/mol. The zero-order chi connectivity index (χ0) is 24.8. The molecule has 1 aliphatic heterocycles. The lowest BCUT2D eigenvalue weighted by Crippen LogP contribution is -2.46. The van der Waals surface area contributed by atoms with Crippen molar-refractivity contribution in [3.63, 3.8) is 0 Å². The van der Waals surface area contributed by atoms with E-state index in [0.717, 1.165) is 74.6 Å². The average Bonchev–Trinajstić information content (AvgIpc) is 3.25. The standard InChI is InChI=1S/C27H37ClN4O3/c28-20-8-5-19(6-9-20)16-30-26(34)25(29)22-11-7-18(3-1-4-21-10-12-24(33)32-21)15-23(22)31-17-27(35)13-2-14-27/h5-6,8-9,18,21,29,31,35H,1-4,7,10-17H2,(H,30,34)(H,32,33)/t18?,21-/m0/s1. The number of aliphatic hydroxyl groups is 1. The van der Waals surface area contributed by atoms with Gasteiger partial charge in [0.2, 0.25) is 5.91 Å². The monoisotopic (exact) mass is 500 g/mol. The summed E-state index contributed by atoms with van der Waals surface area (Å²) < 4.78 is 0. The Morgan fingerprint density at radius 3 is 2.60 bits per heavy atom. The number of benzene rings is 1. The lowest BCUT2D eigenvalue weighted by molar-refractivity contribution is -0.119. The molecule has 1 saturated heterocycles. The third-order valence-electron chi connectivity index (χ3n) is 7.72. The minimum Gasteiger partial charge on any atom is -0.388 e. The van der Waals surface area contributed by atoms with Crippen molar-refractivity contribution in [1.29, 1.82) is 5.41 Å². The normalized spacial score (nSPS) is 23.4. The summed E-state index contributed by atoms with van der Waals surface area (Å²) in [6.07, 6.45) is 9.71. The van der Waals surface area contributed by atoms with Crippen LogP contribution in [-0.2, 0) is 16.1 Å². The molecule has 35 heavy (non-hydrogen) atoms. The van der Waals surface area contributed by atoms with Gasteiger partial charge in [-0.15, -0.1) is 0 Å². The molecular weight excluding hydrogens is 464 g/mol. The fourth-order valence-electron chi connectivity index (χ4n) is 5.30. The number of amides is 2. The number of nitrogens with one attached hydrogen (secondary N) is 4. The van der Waals surface area contributed by atoms with E-state index in [9.17, 15) is 14.7 Å². The lowest BCUT2D eigenvalue weighted by Gasteiger charge is -2.38. The zero-order valence-electron chi connectivity index (χ0n) is 20.3. The molecule has 2 fully saturated rings. The van der Waals surface area contributed by atoms with Crippen LogP contribution in [0, 0.1) is 11.3 Å². The molecule has 1 unspecified atom stereocenters. The van der Waals surface area contributed by atoms with Crippen molar-refractivity contribution in [1.82, 2.24) is 16.0 Å². The largest absolute Gasteiger partial charge is 0.388 e. The molecule has 1 saturated carbocycles. The zero-order valence-corrected chi connectivity index (χ0v) is 21.1. The van der Waals surface area contributed by atoms with E-state index in [2.05, 4.69) is 16.0 Å². The summed E-state index contributed by atoms with van der Waals surface area (Å²) in [5.41, 5.74) is 1.96. The van der Waals surface area contributed by atoms with E-state index in [1.807, 2.05) is 12.1 Å². The number of rotatable bonds is 11. The Bertz CT molecular complexity index is 971. The molecule has 5 N–H and O–H groups in total. The van der Waals surface area contributed by atoms with Crippen LogP contribution in [0.1, 0.15) is 76.2 Å². The first-order valence-corrected chi connectivity index (χ1v) is 13.3. The Balaban J connectivity index is 1.35. The molecule has 8 heteroatoms. The van der Waals surface area contributed by atoms with Crippen molar-refractivity contribution in [2.75, 3.05) is 6.54 Å². The second-order valence-electron chi connectivity index (χ2n) is 10.4. The van der Waals surface area contributed by atoms with E-state index in [-0.39, 0.29) is 17.5 Å². The molecule has 2 aliphatic carbocycles. The highest BCUT2D eigenvalue weighted by molar-refractivity contribution is 6.44. The molecule has 2 amide bonds. The summed E-state index contributed by atoms with van der Waals surface area (Å²) in [5.74, 6) is 0.250. The molecule has 0 aromatic heterocycles. The van der Waals surface area contributed by atoms with Gasteiger partial charge in [0, 0.05) is 41.8 Å². The first kappa shape index (κ1) is 25.7. The van der Waals surface area contributed by atoms with Crippen molar-refractivity contribution < 1.29 is 14.7 Å². The number of carbonyl (C=O) groups excluding carboxylic acids is 2. The third-order valence-corrected chi connectivity index (χ3v) is 7.97. The van der Waals surface area contributed by atoms with Crippen LogP contribution in [0.25, 0.3) is 0 Å². The van der Waals surface area contributed by atoms with E-state index in [1.54, 1.807) is 12.1 Å². The molecule has 2 atom stereocenters. The summed E-state index contributed by atoms with van der Waals surface area (Å²) in [5, 5.41) is 29.2. The van der Waals surface area contributed by atoms with Gasteiger partial charge in [0.05, 0.1) is 5.60 Å². The van der Waals surface area contributed by atoms with Crippen LogP contribution >= 0.6 is 11.6 Å². The van der Waals surface area contributed by atoms with Gasteiger partial charge >= 0.3 is 0 Å². The van der Waals surface area contributed by atoms with E-state index in [1.165, 1.54) is 0 Å². The van der Waals surface area contributed by atoms with E-state index in [0.29, 0.717) is 42.9 Å². The predicted octanol–water partition coefficient (Wildman–Crippen LogP) is 3.98. The Morgan fingerprint density at radius 1 is 1.17 bits per heavy atom. The maximum absolute atomic E-state index is 12.8. The lowest BCUT2D eigenvalue weighted by atomic mass is 9.79. The van der Waals surface area contributed by atoms with Crippen LogP contribution in [0.15, 0.2) is 35.5 Å². The van der Waals surface area contributed by atoms with Crippen LogP contribution < -0.4 is 16.0 Å². The molecule has 3 aliphatic rings. The number of carbonyl (C=O) groups is 2. The van der Waals surface area contributed by atoms with Gasteiger partial charge in [-0.2, -0.15) is 0 Å².